The molecule has 0 saturated carbocycles. The van der Waals surface area contributed by atoms with Crippen LogP contribution in [0.5, 0.6) is 0 Å². The van der Waals surface area contributed by atoms with Crippen LogP contribution < -0.4 is 5.32 Å². The first kappa shape index (κ1) is 12.4. The minimum Gasteiger partial charge on any atom is -0.312 e. The fraction of sp³-hybridized carbons (Fsp3) is 1.00. The largest absolute Gasteiger partial charge is 0.312 e. The van der Waals surface area contributed by atoms with Crippen LogP contribution in [0.2, 0.25) is 0 Å². The Morgan fingerprint density at radius 2 is 2.12 bits per heavy atom. The van der Waals surface area contributed by atoms with E-state index in [-0.39, 0.29) is 0 Å². The van der Waals surface area contributed by atoms with Gasteiger partial charge in [0.2, 0.25) is 0 Å². The average Bonchev–Trinajstić information content (AvgIpc) is 2.35. The number of nitrogens with one attached hydrogen (secondary N) is 1. The molecule has 2 rings (SSSR count). The normalized spacial score (nSPS) is 33.4. The third-order valence-corrected chi connectivity index (χ3v) is 4.47. The predicted octanol–water partition coefficient (Wildman–Crippen LogP) is 2.78. The van der Waals surface area contributed by atoms with E-state index in [1.54, 1.807) is 0 Å². The van der Waals surface area contributed by atoms with Crippen LogP contribution >= 0.6 is 0 Å². The summed E-state index contributed by atoms with van der Waals surface area (Å²) in [6.07, 6.45) is 9.66. The van der Waals surface area contributed by atoms with E-state index in [1.165, 1.54) is 58.0 Å². The molecule has 0 spiro atoms. The highest BCUT2D eigenvalue weighted by atomic mass is 15.2. The third-order valence-electron chi connectivity index (χ3n) is 4.47. The maximum absolute atomic E-state index is 3.73. The van der Waals surface area contributed by atoms with Crippen LogP contribution in [0, 0.1) is 0 Å². The van der Waals surface area contributed by atoms with Crippen molar-refractivity contribution >= 4 is 0 Å². The molecule has 0 unspecified atom stereocenters. The average molecular weight is 224 g/mol. The van der Waals surface area contributed by atoms with Gasteiger partial charge in [-0.1, -0.05) is 20.3 Å². The van der Waals surface area contributed by atoms with Crippen molar-refractivity contribution in [1.82, 2.24) is 10.2 Å². The Labute approximate surface area is 101 Å². The second-order valence-electron chi connectivity index (χ2n) is 5.50. The summed E-state index contributed by atoms with van der Waals surface area (Å²) < 4.78 is 0. The molecule has 1 N–H and O–H groups in total. The van der Waals surface area contributed by atoms with Crippen molar-refractivity contribution in [3.05, 3.63) is 0 Å². The van der Waals surface area contributed by atoms with Gasteiger partial charge >= 0.3 is 0 Å². The number of hydrogen-bond donors (Lipinski definition) is 1. The molecular formula is C14H28N2. The summed E-state index contributed by atoms with van der Waals surface area (Å²) in [4.78, 5) is 2.84. The van der Waals surface area contributed by atoms with Gasteiger partial charge in [-0.2, -0.15) is 0 Å². The van der Waals surface area contributed by atoms with E-state index < -0.39 is 0 Å². The Hall–Kier alpha value is -0.0800. The molecule has 2 heterocycles. The first-order valence-corrected chi connectivity index (χ1v) is 7.36. The quantitative estimate of drug-likeness (QED) is 0.790. The van der Waals surface area contributed by atoms with Gasteiger partial charge in [0.25, 0.3) is 0 Å². The van der Waals surface area contributed by atoms with Crippen molar-refractivity contribution in [3.63, 3.8) is 0 Å². The number of rotatable bonds is 4. The summed E-state index contributed by atoms with van der Waals surface area (Å²) in [5, 5.41) is 3.73. The lowest BCUT2D eigenvalue weighted by molar-refractivity contribution is 0.0423. The lowest BCUT2D eigenvalue weighted by Crippen LogP contribution is -2.59. The standard InChI is InChI=1S/C14H28N2/c1-3-7-12(4-2)16-11-6-8-13-14(16)9-5-10-15-13/h12-15H,3-11H2,1-2H3/t12-,13-,14-/m1/s1. The van der Waals surface area contributed by atoms with Crippen molar-refractivity contribution in [2.45, 2.75) is 76.9 Å². The van der Waals surface area contributed by atoms with Gasteiger partial charge in [-0.3, -0.25) is 4.90 Å². The molecule has 2 aliphatic heterocycles. The number of nitrogens with zero attached hydrogens (tertiary/aromatic N) is 1. The summed E-state index contributed by atoms with van der Waals surface area (Å²) in [6.45, 7) is 7.28. The van der Waals surface area contributed by atoms with E-state index in [4.69, 9.17) is 0 Å². The van der Waals surface area contributed by atoms with Gasteiger partial charge in [0.15, 0.2) is 0 Å². The van der Waals surface area contributed by atoms with E-state index >= 15 is 0 Å². The van der Waals surface area contributed by atoms with Crippen molar-refractivity contribution in [2.24, 2.45) is 0 Å². The second kappa shape index (κ2) is 6.02. The smallest absolute Gasteiger partial charge is 0.0252 e. The number of hydrogen-bond acceptors (Lipinski definition) is 2. The number of likely N-dealkylation sites (tertiary alicyclic amines) is 1. The van der Waals surface area contributed by atoms with Gasteiger partial charge in [-0.15, -0.1) is 0 Å². The Balaban J connectivity index is 2.00. The molecule has 2 aliphatic rings. The van der Waals surface area contributed by atoms with Crippen molar-refractivity contribution in [3.8, 4) is 0 Å². The Bertz CT molecular complexity index is 203. The maximum atomic E-state index is 3.73. The van der Waals surface area contributed by atoms with Crippen LogP contribution in [0.3, 0.4) is 0 Å². The third kappa shape index (κ3) is 2.60. The highest BCUT2D eigenvalue weighted by Crippen LogP contribution is 2.28. The molecule has 0 aliphatic carbocycles. The van der Waals surface area contributed by atoms with Crippen LogP contribution in [-0.4, -0.2) is 36.1 Å². The van der Waals surface area contributed by atoms with E-state index in [0.717, 1.165) is 18.1 Å². The number of fused-ring (bicyclic) bond motifs is 1. The van der Waals surface area contributed by atoms with Crippen molar-refractivity contribution < 1.29 is 0 Å². The monoisotopic (exact) mass is 224 g/mol. The van der Waals surface area contributed by atoms with Gasteiger partial charge < -0.3 is 5.32 Å². The zero-order valence-corrected chi connectivity index (χ0v) is 11.0. The lowest BCUT2D eigenvalue weighted by Gasteiger charge is -2.48. The van der Waals surface area contributed by atoms with Crippen LogP contribution in [0.1, 0.15) is 58.8 Å². The molecule has 0 bridgehead atoms. The van der Waals surface area contributed by atoms with Gasteiger partial charge in [-0.25, -0.2) is 0 Å². The molecular weight excluding hydrogens is 196 g/mol. The minimum absolute atomic E-state index is 0.799. The molecule has 0 amide bonds. The molecule has 0 radical (unpaired) electrons. The van der Waals surface area contributed by atoms with Crippen LogP contribution in [0.25, 0.3) is 0 Å². The molecule has 0 aromatic heterocycles. The van der Waals surface area contributed by atoms with Crippen molar-refractivity contribution in [2.75, 3.05) is 13.1 Å². The summed E-state index contributed by atoms with van der Waals surface area (Å²) in [5.74, 6) is 0. The summed E-state index contributed by atoms with van der Waals surface area (Å²) in [5.41, 5.74) is 0. The Morgan fingerprint density at radius 1 is 1.25 bits per heavy atom. The maximum Gasteiger partial charge on any atom is 0.0252 e. The first-order valence-electron chi connectivity index (χ1n) is 7.36. The topological polar surface area (TPSA) is 15.3 Å². The van der Waals surface area contributed by atoms with Crippen LogP contribution in [0.4, 0.5) is 0 Å². The van der Waals surface area contributed by atoms with E-state index in [9.17, 15) is 0 Å². The fourth-order valence-corrected chi connectivity index (χ4v) is 3.68. The summed E-state index contributed by atoms with van der Waals surface area (Å²) in [6, 6.07) is 2.49. The minimum atomic E-state index is 0.799. The van der Waals surface area contributed by atoms with Gasteiger partial charge in [0.1, 0.15) is 0 Å². The highest BCUT2D eigenvalue weighted by molar-refractivity contribution is 4.94. The molecule has 2 fully saturated rings. The van der Waals surface area contributed by atoms with Gasteiger partial charge in [0, 0.05) is 18.1 Å². The molecule has 2 saturated heterocycles. The zero-order valence-electron chi connectivity index (χ0n) is 11.0. The van der Waals surface area contributed by atoms with Crippen LogP contribution in [-0.2, 0) is 0 Å². The van der Waals surface area contributed by atoms with Gasteiger partial charge in [-0.05, 0) is 51.6 Å². The highest BCUT2D eigenvalue weighted by Gasteiger charge is 2.35. The summed E-state index contributed by atoms with van der Waals surface area (Å²) >= 11 is 0. The lowest BCUT2D eigenvalue weighted by atomic mass is 9.87. The van der Waals surface area contributed by atoms with Crippen LogP contribution in [0.15, 0.2) is 0 Å². The molecule has 2 nitrogen and oxygen atoms in total. The molecule has 0 aromatic rings. The molecule has 16 heavy (non-hydrogen) atoms. The predicted molar refractivity (Wildman–Crippen MR) is 69.7 cm³/mol. The molecule has 3 atom stereocenters. The zero-order chi connectivity index (χ0) is 11.4. The van der Waals surface area contributed by atoms with E-state index in [0.29, 0.717) is 0 Å². The van der Waals surface area contributed by atoms with E-state index in [2.05, 4.69) is 24.1 Å². The fourth-order valence-electron chi connectivity index (χ4n) is 3.68. The molecule has 2 heteroatoms. The Morgan fingerprint density at radius 3 is 2.88 bits per heavy atom. The SMILES string of the molecule is CCC[C@@H](CC)N1CCC[C@H]2NCCC[C@H]21. The number of piperidine rings is 2. The van der Waals surface area contributed by atoms with Gasteiger partial charge in [0.05, 0.1) is 0 Å². The summed E-state index contributed by atoms with van der Waals surface area (Å²) in [7, 11) is 0. The van der Waals surface area contributed by atoms with E-state index in [1.807, 2.05) is 0 Å². The molecule has 0 aromatic carbocycles. The van der Waals surface area contributed by atoms with Crippen molar-refractivity contribution in [1.29, 1.82) is 0 Å². The first-order chi connectivity index (χ1) is 7.86. The molecule has 94 valence electrons. The second-order valence-corrected chi connectivity index (χ2v) is 5.50. The Kier molecular flexibility index (Phi) is 4.66.